The van der Waals surface area contributed by atoms with Gasteiger partial charge in [0.25, 0.3) is 0 Å². The summed E-state index contributed by atoms with van der Waals surface area (Å²) in [7, 11) is -1.83. The predicted octanol–water partition coefficient (Wildman–Crippen LogP) is 3.36. The second-order valence-corrected chi connectivity index (χ2v) is 7.86. The van der Waals surface area contributed by atoms with Crippen molar-refractivity contribution in [3.05, 3.63) is 28.8 Å². The van der Waals surface area contributed by atoms with E-state index in [1.165, 1.54) is 10.4 Å². The Morgan fingerprint density at radius 2 is 2.05 bits per heavy atom. The Morgan fingerprint density at radius 3 is 2.58 bits per heavy atom. The van der Waals surface area contributed by atoms with E-state index in [1.807, 2.05) is 0 Å². The monoisotopic (exact) mass is 321 g/mol. The molecular formula is C13H17Cl2NO2S. The van der Waals surface area contributed by atoms with Crippen LogP contribution in [0.2, 0.25) is 5.02 Å². The number of alkyl halides is 1. The average molecular weight is 322 g/mol. The summed E-state index contributed by atoms with van der Waals surface area (Å²) in [6.07, 6.45) is 1.10. The van der Waals surface area contributed by atoms with Crippen molar-refractivity contribution in [2.24, 2.45) is 11.8 Å². The standard InChI is InChI=1S/C13H17Cl2NO2S/c1-9-5-11(9)8-16(2)19(17,18)12-3-4-13(15)10(6-12)7-14/h3-4,6,9,11H,5,7-8H2,1-2H3. The maximum absolute atomic E-state index is 12.4. The smallest absolute Gasteiger partial charge is 0.207 e. The molecule has 2 atom stereocenters. The Labute approximate surface area is 124 Å². The van der Waals surface area contributed by atoms with Crippen molar-refractivity contribution in [3.8, 4) is 0 Å². The van der Waals surface area contributed by atoms with Gasteiger partial charge < -0.3 is 0 Å². The lowest BCUT2D eigenvalue weighted by Crippen LogP contribution is -2.29. The van der Waals surface area contributed by atoms with Crippen LogP contribution in [0.25, 0.3) is 0 Å². The van der Waals surface area contributed by atoms with Gasteiger partial charge in [0.15, 0.2) is 0 Å². The zero-order valence-corrected chi connectivity index (χ0v) is 13.3. The summed E-state index contributed by atoms with van der Waals surface area (Å²) in [6.45, 7) is 2.71. The minimum absolute atomic E-state index is 0.200. The molecule has 6 heteroatoms. The minimum Gasteiger partial charge on any atom is -0.207 e. The average Bonchev–Trinajstić information content (AvgIpc) is 3.05. The van der Waals surface area contributed by atoms with E-state index in [1.54, 1.807) is 19.2 Å². The molecule has 0 amide bonds. The first-order valence-corrected chi connectivity index (χ1v) is 8.52. The van der Waals surface area contributed by atoms with Gasteiger partial charge in [-0.3, -0.25) is 0 Å². The molecule has 19 heavy (non-hydrogen) atoms. The van der Waals surface area contributed by atoms with Crippen LogP contribution in [0.1, 0.15) is 18.9 Å². The van der Waals surface area contributed by atoms with E-state index in [4.69, 9.17) is 23.2 Å². The molecule has 0 aromatic heterocycles. The summed E-state index contributed by atoms with van der Waals surface area (Å²) in [5.74, 6) is 1.31. The molecule has 1 aromatic carbocycles. The molecule has 1 saturated carbocycles. The van der Waals surface area contributed by atoms with Gasteiger partial charge in [-0.2, -0.15) is 0 Å². The maximum Gasteiger partial charge on any atom is 0.242 e. The largest absolute Gasteiger partial charge is 0.242 e. The van der Waals surface area contributed by atoms with Crippen LogP contribution >= 0.6 is 23.2 Å². The molecule has 1 aliphatic carbocycles. The number of benzene rings is 1. The minimum atomic E-state index is -3.45. The molecule has 2 unspecified atom stereocenters. The van der Waals surface area contributed by atoms with Crippen molar-refractivity contribution in [3.63, 3.8) is 0 Å². The lowest BCUT2D eigenvalue weighted by atomic mass is 10.2. The predicted molar refractivity (Wildman–Crippen MR) is 78.1 cm³/mol. The van der Waals surface area contributed by atoms with Crippen molar-refractivity contribution in [2.45, 2.75) is 24.1 Å². The lowest BCUT2D eigenvalue weighted by molar-refractivity contribution is 0.444. The highest BCUT2D eigenvalue weighted by Gasteiger charge is 2.36. The molecule has 0 N–H and O–H groups in total. The van der Waals surface area contributed by atoms with Crippen LogP contribution in [-0.4, -0.2) is 26.3 Å². The fourth-order valence-corrected chi connectivity index (χ4v) is 3.83. The highest BCUT2D eigenvalue weighted by atomic mass is 35.5. The summed E-state index contributed by atoms with van der Waals surface area (Å²) in [5, 5.41) is 0.493. The van der Waals surface area contributed by atoms with E-state index in [-0.39, 0.29) is 10.8 Å². The van der Waals surface area contributed by atoms with Gasteiger partial charge in [0.2, 0.25) is 10.0 Å². The van der Waals surface area contributed by atoms with Crippen molar-refractivity contribution in [1.82, 2.24) is 4.31 Å². The molecule has 2 rings (SSSR count). The van der Waals surface area contributed by atoms with Crippen LogP contribution in [-0.2, 0) is 15.9 Å². The van der Waals surface area contributed by atoms with Gasteiger partial charge in [-0.25, -0.2) is 12.7 Å². The van der Waals surface area contributed by atoms with Crippen LogP contribution in [0.4, 0.5) is 0 Å². The van der Waals surface area contributed by atoms with Crippen LogP contribution in [0.3, 0.4) is 0 Å². The third-order valence-electron chi connectivity index (χ3n) is 3.64. The van der Waals surface area contributed by atoms with E-state index in [2.05, 4.69) is 6.92 Å². The first kappa shape index (κ1) is 15.1. The molecule has 0 bridgehead atoms. The molecule has 1 aromatic rings. The number of rotatable bonds is 5. The number of halogens is 2. The Hall–Kier alpha value is -0.290. The van der Waals surface area contributed by atoms with Crippen LogP contribution in [0.15, 0.2) is 23.1 Å². The quantitative estimate of drug-likeness (QED) is 0.780. The first-order chi connectivity index (χ1) is 8.86. The van der Waals surface area contributed by atoms with E-state index < -0.39 is 10.0 Å². The van der Waals surface area contributed by atoms with Crippen LogP contribution in [0.5, 0.6) is 0 Å². The van der Waals surface area contributed by atoms with Crippen molar-refractivity contribution >= 4 is 33.2 Å². The number of nitrogens with zero attached hydrogens (tertiary/aromatic N) is 1. The zero-order chi connectivity index (χ0) is 14.2. The molecule has 0 spiro atoms. The number of sulfonamides is 1. The number of hydrogen-bond acceptors (Lipinski definition) is 2. The molecule has 1 aliphatic rings. The van der Waals surface area contributed by atoms with Gasteiger partial charge in [-0.15, -0.1) is 11.6 Å². The molecule has 0 saturated heterocycles. The van der Waals surface area contributed by atoms with E-state index in [0.717, 1.165) is 6.42 Å². The Kier molecular flexibility index (Phi) is 4.45. The SMILES string of the molecule is CC1CC1CN(C)S(=O)(=O)c1ccc(Cl)c(CCl)c1. The molecule has 0 radical (unpaired) electrons. The highest BCUT2D eigenvalue weighted by Crippen LogP contribution is 2.38. The van der Waals surface area contributed by atoms with Gasteiger partial charge in [0, 0.05) is 24.5 Å². The van der Waals surface area contributed by atoms with Gasteiger partial charge in [-0.1, -0.05) is 18.5 Å². The highest BCUT2D eigenvalue weighted by molar-refractivity contribution is 7.89. The molecule has 0 aliphatic heterocycles. The van der Waals surface area contributed by atoms with Crippen molar-refractivity contribution in [2.75, 3.05) is 13.6 Å². The van der Waals surface area contributed by atoms with Gasteiger partial charge in [0.1, 0.15) is 0 Å². The summed E-state index contributed by atoms with van der Waals surface area (Å²) in [6, 6.07) is 4.66. The normalized spacial score (nSPS) is 22.8. The topological polar surface area (TPSA) is 37.4 Å². The molecule has 1 fully saturated rings. The van der Waals surface area contributed by atoms with Crippen molar-refractivity contribution in [1.29, 1.82) is 0 Å². The Morgan fingerprint density at radius 1 is 1.42 bits per heavy atom. The fraction of sp³-hybridized carbons (Fsp3) is 0.538. The van der Waals surface area contributed by atoms with Crippen molar-refractivity contribution < 1.29 is 8.42 Å². The maximum atomic E-state index is 12.4. The Balaban J connectivity index is 2.23. The van der Waals surface area contributed by atoms with E-state index in [0.29, 0.717) is 29.0 Å². The van der Waals surface area contributed by atoms with E-state index >= 15 is 0 Å². The molecule has 0 heterocycles. The second kappa shape index (κ2) is 5.60. The van der Waals surface area contributed by atoms with E-state index in [9.17, 15) is 8.42 Å². The molecule has 3 nitrogen and oxygen atoms in total. The Bertz CT molecular complexity index is 574. The fourth-order valence-electron chi connectivity index (χ4n) is 2.08. The van der Waals surface area contributed by atoms with Crippen LogP contribution < -0.4 is 0 Å². The summed E-state index contributed by atoms with van der Waals surface area (Å²) in [5.41, 5.74) is 0.637. The summed E-state index contributed by atoms with van der Waals surface area (Å²) >= 11 is 11.7. The van der Waals surface area contributed by atoms with Gasteiger partial charge in [-0.05, 0) is 42.0 Å². The number of hydrogen-bond donors (Lipinski definition) is 0. The summed E-state index contributed by atoms with van der Waals surface area (Å²) < 4.78 is 26.3. The van der Waals surface area contributed by atoms with Gasteiger partial charge in [0.05, 0.1) is 4.90 Å². The third-order valence-corrected chi connectivity index (χ3v) is 6.11. The third kappa shape index (κ3) is 3.24. The summed E-state index contributed by atoms with van der Waals surface area (Å²) in [4.78, 5) is 0.253. The zero-order valence-electron chi connectivity index (χ0n) is 10.9. The lowest BCUT2D eigenvalue weighted by Gasteiger charge is -2.17. The molecular weight excluding hydrogens is 305 g/mol. The second-order valence-electron chi connectivity index (χ2n) is 5.15. The van der Waals surface area contributed by atoms with Crippen LogP contribution in [0, 0.1) is 11.8 Å². The van der Waals surface area contributed by atoms with Gasteiger partial charge >= 0.3 is 0 Å². The molecule has 106 valence electrons. The first-order valence-electron chi connectivity index (χ1n) is 6.17.